The summed E-state index contributed by atoms with van der Waals surface area (Å²) in [5.74, 6) is -0.433. The number of hydrogen-bond donors (Lipinski definition) is 3. The van der Waals surface area contributed by atoms with E-state index in [2.05, 4.69) is 29.4 Å². The maximum atomic E-state index is 13.7. The molecule has 1 fully saturated rings. The zero-order valence-electron chi connectivity index (χ0n) is 24.3. The van der Waals surface area contributed by atoms with Gasteiger partial charge in [0.1, 0.15) is 6.04 Å². The van der Waals surface area contributed by atoms with E-state index in [1.165, 1.54) is 0 Å². The summed E-state index contributed by atoms with van der Waals surface area (Å²) in [6.45, 7) is 18.5. The van der Waals surface area contributed by atoms with Gasteiger partial charge in [0.25, 0.3) is 0 Å². The van der Waals surface area contributed by atoms with Crippen LogP contribution in [0.1, 0.15) is 81.6 Å². The summed E-state index contributed by atoms with van der Waals surface area (Å²) in [6, 6.07) is -1.26. The van der Waals surface area contributed by atoms with Crippen molar-refractivity contribution in [3.8, 4) is 0 Å². The Bertz CT molecular complexity index is 763. The van der Waals surface area contributed by atoms with Crippen molar-refractivity contribution in [3.63, 3.8) is 0 Å². The van der Waals surface area contributed by atoms with Gasteiger partial charge >= 0.3 is 0 Å². The highest BCUT2D eigenvalue weighted by molar-refractivity contribution is 5.93. The van der Waals surface area contributed by atoms with Crippen molar-refractivity contribution in [3.05, 3.63) is 11.6 Å². The Morgan fingerprint density at radius 1 is 0.972 bits per heavy atom. The van der Waals surface area contributed by atoms with Crippen LogP contribution in [0.15, 0.2) is 11.6 Å². The molecule has 0 aliphatic carbocycles. The number of aliphatic hydroxyl groups is 1. The third-order valence-corrected chi connectivity index (χ3v) is 7.32. The second kappa shape index (κ2) is 14.7. The van der Waals surface area contributed by atoms with E-state index in [4.69, 9.17) is 0 Å². The second-order valence-electron chi connectivity index (χ2n) is 11.6. The first-order chi connectivity index (χ1) is 16.7. The number of likely N-dealkylation sites (N-methyl/N-ethyl adjacent to an activating group) is 1. The molecule has 0 radical (unpaired) electrons. The molecule has 0 saturated carbocycles. The Kier molecular flexibility index (Phi) is 13.1. The predicted octanol–water partition coefficient (Wildman–Crippen LogP) is 2.95. The van der Waals surface area contributed by atoms with Gasteiger partial charge in [0.05, 0.1) is 24.7 Å². The number of rotatable bonds is 12. The van der Waals surface area contributed by atoms with Gasteiger partial charge in [0.2, 0.25) is 17.7 Å². The maximum Gasteiger partial charge on any atom is 0.246 e. The van der Waals surface area contributed by atoms with Gasteiger partial charge in [-0.25, -0.2) is 0 Å². The summed E-state index contributed by atoms with van der Waals surface area (Å²) in [6.07, 6.45) is 4.71. The summed E-state index contributed by atoms with van der Waals surface area (Å²) in [4.78, 5) is 43.6. The van der Waals surface area contributed by atoms with Gasteiger partial charge in [-0.15, -0.1) is 0 Å². The fraction of sp³-hybridized carbons (Fsp3) is 0.821. The number of hydrogen-bond acceptors (Lipinski definition) is 5. The molecule has 0 aromatic rings. The molecule has 0 spiro atoms. The van der Waals surface area contributed by atoms with Crippen LogP contribution in [0.25, 0.3) is 0 Å². The first-order valence-corrected chi connectivity index (χ1v) is 13.7. The molecule has 8 nitrogen and oxygen atoms in total. The van der Waals surface area contributed by atoms with Gasteiger partial charge in [-0.2, -0.15) is 0 Å². The topological polar surface area (TPSA) is 102 Å². The minimum atomic E-state index is -0.651. The van der Waals surface area contributed by atoms with Gasteiger partial charge in [-0.05, 0) is 57.9 Å². The largest absolute Gasteiger partial charge is 0.394 e. The van der Waals surface area contributed by atoms with Crippen molar-refractivity contribution in [2.24, 2.45) is 17.8 Å². The number of nitrogens with zero attached hydrogens (tertiary/aromatic N) is 2. The van der Waals surface area contributed by atoms with E-state index >= 15 is 0 Å². The van der Waals surface area contributed by atoms with Crippen LogP contribution in [0.4, 0.5) is 0 Å². The highest BCUT2D eigenvalue weighted by atomic mass is 16.3. The maximum absolute atomic E-state index is 13.7. The van der Waals surface area contributed by atoms with Crippen molar-refractivity contribution >= 4 is 17.7 Å². The van der Waals surface area contributed by atoms with Crippen LogP contribution in [-0.4, -0.2) is 83.0 Å². The third-order valence-electron chi connectivity index (χ3n) is 7.32. The summed E-state index contributed by atoms with van der Waals surface area (Å²) in [5, 5.41) is 15.5. The second-order valence-corrected chi connectivity index (χ2v) is 11.6. The molecule has 3 amide bonds. The average Bonchev–Trinajstić information content (AvgIpc) is 2.82. The lowest BCUT2D eigenvalue weighted by atomic mass is 9.95. The van der Waals surface area contributed by atoms with Gasteiger partial charge in [-0.1, -0.05) is 54.0 Å². The third kappa shape index (κ3) is 8.87. The highest BCUT2D eigenvalue weighted by Gasteiger charge is 2.36. The van der Waals surface area contributed by atoms with Crippen LogP contribution in [0.5, 0.6) is 0 Å². The molecule has 3 N–H and O–H groups in total. The smallest absolute Gasteiger partial charge is 0.246 e. The fourth-order valence-electron chi connectivity index (χ4n) is 4.77. The molecule has 4 atom stereocenters. The number of carbonyl (C=O) groups excluding carboxylic acids is 3. The number of carbonyl (C=O) groups is 3. The molecule has 8 heteroatoms. The van der Waals surface area contributed by atoms with Gasteiger partial charge in [-0.3, -0.25) is 19.3 Å². The minimum absolute atomic E-state index is 0.0544. The fourth-order valence-corrected chi connectivity index (χ4v) is 4.77. The van der Waals surface area contributed by atoms with E-state index in [0.717, 1.165) is 25.8 Å². The van der Waals surface area contributed by atoms with E-state index in [9.17, 15) is 19.5 Å². The predicted molar refractivity (Wildman–Crippen MR) is 145 cm³/mol. The minimum Gasteiger partial charge on any atom is -0.394 e. The van der Waals surface area contributed by atoms with Crippen molar-refractivity contribution < 1.29 is 19.5 Å². The van der Waals surface area contributed by atoms with E-state index in [-0.39, 0.29) is 66.2 Å². The molecule has 1 saturated heterocycles. The first-order valence-electron chi connectivity index (χ1n) is 13.7. The van der Waals surface area contributed by atoms with Crippen LogP contribution in [0.3, 0.4) is 0 Å². The van der Waals surface area contributed by atoms with E-state index in [1.54, 1.807) is 18.9 Å². The Balaban J connectivity index is 3.07. The number of amides is 3. The highest BCUT2D eigenvalue weighted by Crippen LogP contribution is 2.21. The summed E-state index contributed by atoms with van der Waals surface area (Å²) >= 11 is 0. The van der Waals surface area contributed by atoms with Gasteiger partial charge in [0, 0.05) is 18.7 Å². The first kappa shape index (κ1) is 32.1. The quantitative estimate of drug-likeness (QED) is 0.352. The number of piperidine rings is 1. The SMILES string of the molecule is C/C(=C\[C@H](C(C)C)N(C)C(=O)[C@@H](NC(=O)C1CCCCN1C(C)C)C(C)C)C(=O)N[C@H](CO)C(C)C. The van der Waals surface area contributed by atoms with Crippen molar-refractivity contribution in [1.82, 2.24) is 20.4 Å². The summed E-state index contributed by atoms with van der Waals surface area (Å²) in [5.41, 5.74) is 0.493. The lowest BCUT2D eigenvalue weighted by Crippen LogP contribution is -2.58. The molecule has 1 aliphatic heterocycles. The van der Waals surface area contributed by atoms with E-state index < -0.39 is 6.04 Å². The molecule has 1 aliphatic rings. The molecule has 208 valence electrons. The standard InChI is InChI=1S/C28H52N4O4/c1-17(2)22(16-33)29-26(34)21(9)15-24(18(3)4)31(10)28(36)25(19(5)6)30-27(35)23-13-11-12-14-32(23)20(7)8/h15,17-20,22-25,33H,11-14,16H2,1-10H3,(H,29,34)(H,30,35)/b21-15+/t22-,23?,24-,25+/m1/s1. The molecule has 36 heavy (non-hydrogen) atoms. The molecule has 1 unspecified atom stereocenters. The molecule has 0 aromatic carbocycles. The van der Waals surface area contributed by atoms with Crippen LogP contribution < -0.4 is 10.6 Å². The Morgan fingerprint density at radius 2 is 1.58 bits per heavy atom. The number of likely N-dealkylation sites (tertiary alicyclic amines) is 1. The molecular weight excluding hydrogens is 456 g/mol. The van der Waals surface area contributed by atoms with Crippen molar-refractivity contribution in [2.45, 2.75) is 112 Å². The van der Waals surface area contributed by atoms with Crippen LogP contribution in [-0.2, 0) is 14.4 Å². The Labute approximate surface area is 219 Å². The van der Waals surface area contributed by atoms with Gasteiger partial charge in [0.15, 0.2) is 0 Å². The normalized spacial score (nSPS) is 20.0. The Hall–Kier alpha value is -1.93. The van der Waals surface area contributed by atoms with Crippen LogP contribution in [0.2, 0.25) is 0 Å². The van der Waals surface area contributed by atoms with Crippen LogP contribution >= 0.6 is 0 Å². The van der Waals surface area contributed by atoms with Crippen molar-refractivity contribution in [1.29, 1.82) is 0 Å². The van der Waals surface area contributed by atoms with E-state index in [1.807, 2.05) is 47.6 Å². The zero-order valence-corrected chi connectivity index (χ0v) is 24.3. The van der Waals surface area contributed by atoms with E-state index in [0.29, 0.717) is 5.57 Å². The monoisotopic (exact) mass is 508 g/mol. The summed E-state index contributed by atoms with van der Waals surface area (Å²) in [7, 11) is 1.74. The zero-order chi connectivity index (χ0) is 27.7. The molecule has 1 rings (SSSR count). The van der Waals surface area contributed by atoms with Gasteiger partial charge < -0.3 is 20.6 Å². The average molecular weight is 509 g/mol. The van der Waals surface area contributed by atoms with Crippen molar-refractivity contribution in [2.75, 3.05) is 20.2 Å². The lowest BCUT2D eigenvalue weighted by Gasteiger charge is -2.39. The van der Waals surface area contributed by atoms with Crippen LogP contribution in [0, 0.1) is 17.8 Å². The molecule has 1 heterocycles. The summed E-state index contributed by atoms with van der Waals surface area (Å²) < 4.78 is 0. The lowest BCUT2D eigenvalue weighted by molar-refractivity contribution is -0.140. The molecule has 0 bridgehead atoms. The number of aliphatic hydroxyl groups excluding tert-OH is 1. The number of nitrogens with one attached hydrogen (secondary N) is 2. The molecule has 0 aromatic heterocycles. The Morgan fingerprint density at radius 3 is 2.06 bits per heavy atom. The molecular formula is C28H52N4O4.